The number of thiazole rings is 1. The van der Waals surface area contributed by atoms with Crippen LogP contribution >= 0.6 is 38.9 Å². The summed E-state index contributed by atoms with van der Waals surface area (Å²) in [6, 6.07) is 6.40. The zero-order chi connectivity index (χ0) is 14.5. The van der Waals surface area contributed by atoms with Gasteiger partial charge in [0.25, 0.3) is 0 Å². The lowest BCUT2D eigenvalue weighted by Crippen LogP contribution is -2.24. The first-order valence-electron chi connectivity index (χ1n) is 6.69. The number of nitrogens with one attached hydrogen (secondary N) is 1. The molecule has 1 aromatic carbocycles. The Morgan fingerprint density at radius 2 is 2.25 bits per heavy atom. The largest absolute Gasteiger partial charge is 0.310 e. The third-order valence-corrected chi connectivity index (χ3v) is 5.12. The highest BCUT2D eigenvalue weighted by atomic mass is 79.9. The molecule has 2 nitrogen and oxygen atoms in total. The van der Waals surface area contributed by atoms with Crippen molar-refractivity contribution in [2.24, 2.45) is 0 Å². The Morgan fingerprint density at radius 1 is 1.45 bits per heavy atom. The molecule has 1 aromatic heterocycles. The molecule has 5 heteroatoms. The van der Waals surface area contributed by atoms with E-state index in [0.717, 1.165) is 39.6 Å². The summed E-state index contributed by atoms with van der Waals surface area (Å²) in [6.45, 7) is 5.20. The van der Waals surface area contributed by atoms with Gasteiger partial charge in [0, 0.05) is 22.3 Å². The van der Waals surface area contributed by atoms with Crippen molar-refractivity contribution in [3.63, 3.8) is 0 Å². The van der Waals surface area contributed by atoms with Crippen molar-refractivity contribution in [2.75, 3.05) is 6.54 Å². The Hall–Kier alpha value is -0.420. The Morgan fingerprint density at radius 3 is 2.85 bits per heavy atom. The summed E-state index contributed by atoms with van der Waals surface area (Å²) >= 11 is 11.3. The van der Waals surface area contributed by atoms with Crippen molar-refractivity contribution >= 4 is 38.9 Å². The van der Waals surface area contributed by atoms with Gasteiger partial charge in [0.05, 0.1) is 15.7 Å². The summed E-state index contributed by atoms with van der Waals surface area (Å²) in [7, 11) is 0. The first-order chi connectivity index (χ1) is 9.60. The number of rotatable bonds is 6. The van der Waals surface area contributed by atoms with Crippen LogP contribution in [-0.2, 0) is 6.42 Å². The number of hydrogen-bond acceptors (Lipinski definition) is 3. The normalized spacial score (nSPS) is 12.6. The Labute approximate surface area is 137 Å². The lowest BCUT2D eigenvalue weighted by Gasteiger charge is -2.18. The monoisotopic (exact) mass is 372 g/mol. The molecule has 1 N–H and O–H groups in total. The average Bonchev–Trinajstić information content (AvgIpc) is 2.83. The lowest BCUT2D eigenvalue weighted by atomic mass is 10.0. The molecule has 108 valence electrons. The highest BCUT2D eigenvalue weighted by Crippen LogP contribution is 2.27. The average molecular weight is 374 g/mol. The standard InChI is InChI=1S/C15H18BrClN2S/c1-3-6-18-15(8-12-9-20-10(2)19-12)11-4-5-13(16)14(17)7-11/h4-5,7,9,15,18H,3,6,8H2,1-2H3. The van der Waals surface area contributed by atoms with E-state index in [1.54, 1.807) is 11.3 Å². The van der Waals surface area contributed by atoms with Gasteiger partial charge in [0.1, 0.15) is 0 Å². The minimum absolute atomic E-state index is 0.252. The molecule has 1 heterocycles. The molecule has 0 aliphatic rings. The summed E-state index contributed by atoms with van der Waals surface area (Å²) in [5.41, 5.74) is 2.34. The first-order valence-corrected chi connectivity index (χ1v) is 8.74. The van der Waals surface area contributed by atoms with Gasteiger partial charge in [-0.15, -0.1) is 11.3 Å². The van der Waals surface area contributed by atoms with Gasteiger partial charge in [-0.1, -0.05) is 24.6 Å². The Bertz CT molecular complexity index is 571. The van der Waals surface area contributed by atoms with Gasteiger partial charge in [-0.3, -0.25) is 0 Å². The molecule has 0 saturated heterocycles. The van der Waals surface area contributed by atoms with Gasteiger partial charge in [0.15, 0.2) is 0 Å². The highest BCUT2D eigenvalue weighted by molar-refractivity contribution is 9.10. The molecular formula is C15H18BrClN2S. The fraction of sp³-hybridized carbons (Fsp3) is 0.400. The van der Waals surface area contributed by atoms with E-state index in [0.29, 0.717) is 0 Å². The van der Waals surface area contributed by atoms with Crippen molar-refractivity contribution in [2.45, 2.75) is 32.7 Å². The van der Waals surface area contributed by atoms with Crippen molar-refractivity contribution in [1.82, 2.24) is 10.3 Å². The van der Waals surface area contributed by atoms with Crippen LogP contribution in [0.3, 0.4) is 0 Å². The molecule has 0 radical (unpaired) electrons. The number of hydrogen-bond donors (Lipinski definition) is 1. The number of aromatic nitrogens is 1. The van der Waals surface area contributed by atoms with E-state index >= 15 is 0 Å². The molecule has 0 aliphatic heterocycles. The topological polar surface area (TPSA) is 24.9 Å². The second-order valence-electron chi connectivity index (χ2n) is 4.74. The fourth-order valence-corrected chi connectivity index (χ4v) is 3.13. The molecular weight excluding hydrogens is 356 g/mol. The summed E-state index contributed by atoms with van der Waals surface area (Å²) in [5.74, 6) is 0. The Kier molecular flexibility index (Phi) is 6.02. The van der Waals surface area contributed by atoms with E-state index in [2.05, 4.69) is 44.6 Å². The van der Waals surface area contributed by atoms with E-state index < -0.39 is 0 Å². The summed E-state index contributed by atoms with van der Waals surface area (Å²) < 4.78 is 0.932. The summed E-state index contributed by atoms with van der Waals surface area (Å²) in [6.07, 6.45) is 2.00. The van der Waals surface area contributed by atoms with Gasteiger partial charge in [-0.25, -0.2) is 4.98 Å². The summed E-state index contributed by atoms with van der Waals surface area (Å²) in [4.78, 5) is 4.56. The maximum Gasteiger partial charge on any atom is 0.0897 e. The predicted molar refractivity (Wildman–Crippen MR) is 90.7 cm³/mol. The van der Waals surface area contributed by atoms with E-state index in [1.807, 2.05) is 19.1 Å². The van der Waals surface area contributed by atoms with E-state index in [4.69, 9.17) is 11.6 Å². The van der Waals surface area contributed by atoms with Crippen LogP contribution in [0.2, 0.25) is 5.02 Å². The number of benzene rings is 1. The molecule has 0 fully saturated rings. The number of halogens is 2. The van der Waals surface area contributed by atoms with Gasteiger partial charge < -0.3 is 5.32 Å². The van der Waals surface area contributed by atoms with Crippen molar-refractivity contribution in [1.29, 1.82) is 0 Å². The third-order valence-electron chi connectivity index (χ3n) is 3.07. The molecule has 2 aromatic rings. The van der Waals surface area contributed by atoms with Gasteiger partial charge in [-0.2, -0.15) is 0 Å². The summed E-state index contributed by atoms with van der Waals surface area (Å²) in [5, 5.41) is 7.58. The quantitative estimate of drug-likeness (QED) is 0.757. The van der Waals surface area contributed by atoms with Crippen LogP contribution in [0.5, 0.6) is 0 Å². The van der Waals surface area contributed by atoms with Crippen molar-refractivity contribution in [3.05, 3.63) is 49.3 Å². The van der Waals surface area contributed by atoms with E-state index in [1.165, 1.54) is 5.56 Å². The van der Waals surface area contributed by atoms with Crippen LogP contribution in [-0.4, -0.2) is 11.5 Å². The van der Waals surface area contributed by atoms with Crippen molar-refractivity contribution < 1.29 is 0 Å². The molecule has 20 heavy (non-hydrogen) atoms. The van der Waals surface area contributed by atoms with Crippen LogP contribution < -0.4 is 5.32 Å². The maximum atomic E-state index is 6.21. The third kappa shape index (κ3) is 4.29. The molecule has 1 atom stereocenters. The van der Waals surface area contributed by atoms with Gasteiger partial charge in [-0.05, 0) is 53.5 Å². The van der Waals surface area contributed by atoms with Crippen LogP contribution in [0.4, 0.5) is 0 Å². The van der Waals surface area contributed by atoms with Crippen LogP contribution in [0.15, 0.2) is 28.1 Å². The SMILES string of the molecule is CCCNC(Cc1csc(C)n1)c1ccc(Br)c(Cl)c1. The molecule has 0 spiro atoms. The molecule has 1 unspecified atom stereocenters. The second kappa shape index (κ2) is 7.55. The molecule has 0 aliphatic carbocycles. The maximum absolute atomic E-state index is 6.21. The lowest BCUT2D eigenvalue weighted by molar-refractivity contribution is 0.525. The predicted octanol–water partition coefficient (Wildman–Crippen LogP) is 5.15. The molecule has 0 saturated carbocycles. The van der Waals surface area contributed by atoms with Gasteiger partial charge >= 0.3 is 0 Å². The zero-order valence-electron chi connectivity index (χ0n) is 11.6. The number of nitrogens with zero attached hydrogens (tertiary/aromatic N) is 1. The second-order valence-corrected chi connectivity index (χ2v) is 7.07. The van der Waals surface area contributed by atoms with Crippen LogP contribution in [0.1, 0.15) is 35.7 Å². The van der Waals surface area contributed by atoms with Crippen LogP contribution in [0.25, 0.3) is 0 Å². The highest BCUT2D eigenvalue weighted by Gasteiger charge is 2.14. The molecule has 0 amide bonds. The van der Waals surface area contributed by atoms with E-state index in [-0.39, 0.29) is 6.04 Å². The van der Waals surface area contributed by atoms with E-state index in [9.17, 15) is 0 Å². The molecule has 2 rings (SSSR count). The van der Waals surface area contributed by atoms with Gasteiger partial charge in [0.2, 0.25) is 0 Å². The number of aryl methyl sites for hydroxylation is 1. The Balaban J connectivity index is 2.19. The minimum atomic E-state index is 0.252. The minimum Gasteiger partial charge on any atom is -0.310 e. The molecule has 0 bridgehead atoms. The smallest absolute Gasteiger partial charge is 0.0897 e. The fourth-order valence-electron chi connectivity index (χ4n) is 2.07. The van der Waals surface area contributed by atoms with Crippen LogP contribution in [0, 0.1) is 6.92 Å². The zero-order valence-corrected chi connectivity index (χ0v) is 14.8. The van der Waals surface area contributed by atoms with Crippen molar-refractivity contribution in [3.8, 4) is 0 Å². The first kappa shape index (κ1) is 16.0.